The lowest BCUT2D eigenvalue weighted by atomic mass is 10.2. The fourth-order valence-corrected chi connectivity index (χ4v) is 2.91. The number of halogens is 1. The number of amides is 2. The largest absolute Gasteiger partial charge is 0.494 e. The number of nitrogens with one attached hydrogen (secondary N) is 3. The molecule has 0 unspecified atom stereocenters. The molecule has 0 heterocycles. The molecule has 0 spiro atoms. The van der Waals surface area contributed by atoms with E-state index in [9.17, 15) is 9.59 Å². The number of carbonyl (C=O) groups is 2. The van der Waals surface area contributed by atoms with Gasteiger partial charge < -0.3 is 15.4 Å². The first-order valence-electron chi connectivity index (χ1n) is 9.87. The highest BCUT2D eigenvalue weighted by Crippen LogP contribution is 2.25. The zero-order valence-corrected chi connectivity index (χ0v) is 18.7. The Bertz CT molecular complexity index is 905. The van der Waals surface area contributed by atoms with Crippen LogP contribution >= 0.6 is 23.8 Å². The van der Waals surface area contributed by atoms with E-state index in [1.54, 1.807) is 42.5 Å². The highest BCUT2D eigenvalue weighted by Gasteiger charge is 2.11. The van der Waals surface area contributed by atoms with Crippen LogP contribution in [0, 0.1) is 0 Å². The van der Waals surface area contributed by atoms with Crippen LogP contribution in [0.5, 0.6) is 5.75 Å². The number of hydrogen-bond acceptors (Lipinski definition) is 4. The Kier molecular flexibility index (Phi) is 9.57. The zero-order valence-electron chi connectivity index (χ0n) is 17.1. The van der Waals surface area contributed by atoms with Crippen molar-refractivity contribution >= 4 is 52.1 Å². The molecule has 6 nitrogen and oxygen atoms in total. The summed E-state index contributed by atoms with van der Waals surface area (Å²) in [5.74, 6) is 0.188. The molecule has 0 atom stereocenters. The van der Waals surface area contributed by atoms with Crippen molar-refractivity contribution in [2.24, 2.45) is 0 Å². The first-order chi connectivity index (χ1) is 14.4. The van der Waals surface area contributed by atoms with Crippen molar-refractivity contribution in [1.82, 2.24) is 5.32 Å². The summed E-state index contributed by atoms with van der Waals surface area (Å²) in [7, 11) is 0. The van der Waals surface area contributed by atoms with Gasteiger partial charge in [-0.3, -0.25) is 14.9 Å². The predicted molar refractivity (Wildman–Crippen MR) is 126 cm³/mol. The van der Waals surface area contributed by atoms with Gasteiger partial charge in [0.25, 0.3) is 5.91 Å². The van der Waals surface area contributed by atoms with Gasteiger partial charge in [-0.2, -0.15) is 0 Å². The number of benzene rings is 2. The Hall–Kier alpha value is -2.64. The number of ether oxygens (including phenoxy) is 1. The van der Waals surface area contributed by atoms with E-state index in [-0.39, 0.29) is 16.9 Å². The maximum absolute atomic E-state index is 12.5. The van der Waals surface area contributed by atoms with Crippen molar-refractivity contribution in [3.05, 3.63) is 53.1 Å². The molecule has 0 bridgehead atoms. The van der Waals surface area contributed by atoms with Crippen molar-refractivity contribution in [2.45, 2.75) is 39.5 Å². The van der Waals surface area contributed by atoms with Gasteiger partial charge in [0.1, 0.15) is 5.75 Å². The topological polar surface area (TPSA) is 79.5 Å². The third-order valence-corrected chi connectivity index (χ3v) is 4.60. The molecule has 3 N–H and O–H groups in total. The average Bonchev–Trinajstić information content (AvgIpc) is 2.71. The van der Waals surface area contributed by atoms with Crippen molar-refractivity contribution in [2.75, 3.05) is 17.2 Å². The lowest BCUT2D eigenvalue weighted by Gasteiger charge is -2.13. The standard InChI is InChI=1S/C22H26ClN3O3S/c1-3-5-12-29-17-9-6-8-15(13-17)21(28)26-22(30)25-19-14-16(10-11-18(19)23)24-20(27)7-4-2/h6,8-11,13-14H,3-5,7,12H2,1-2H3,(H,24,27)(H2,25,26,28,30). The lowest BCUT2D eigenvalue weighted by molar-refractivity contribution is -0.116. The van der Waals surface area contributed by atoms with Crippen LogP contribution < -0.4 is 20.7 Å². The molecule has 0 aliphatic rings. The molecule has 2 aromatic rings. The van der Waals surface area contributed by atoms with Crippen molar-refractivity contribution in [1.29, 1.82) is 0 Å². The van der Waals surface area contributed by atoms with E-state index >= 15 is 0 Å². The second-order valence-corrected chi connectivity index (χ2v) is 7.45. The number of anilines is 2. The van der Waals surface area contributed by atoms with E-state index in [1.165, 1.54) is 0 Å². The summed E-state index contributed by atoms with van der Waals surface area (Å²) < 4.78 is 5.64. The Morgan fingerprint density at radius 2 is 1.87 bits per heavy atom. The van der Waals surface area contributed by atoms with Gasteiger partial charge in [0.05, 0.1) is 17.3 Å². The summed E-state index contributed by atoms with van der Waals surface area (Å²) in [6.07, 6.45) is 3.17. The molecule has 0 radical (unpaired) electrons. The number of carbonyl (C=O) groups excluding carboxylic acids is 2. The minimum atomic E-state index is -0.364. The van der Waals surface area contributed by atoms with Crippen LogP contribution in [-0.4, -0.2) is 23.5 Å². The monoisotopic (exact) mass is 447 g/mol. The van der Waals surface area contributed by atoms with E-state index in [0.29, 0.717) is 40.7 Å². The van der Waals surface area contributed by atoms with Crippen LogP contribution in [0.15, 0.2) is 42.5 Å². The molecule has 8 heteroatoms. The van der Waals surface area contributed by atoms with E-state index in [0.717, 1.165) is 19.3 Å². The van der Waals surface area contributed by atoms with Gasteiger partial charge in [0.15, 0.2) is 5.11 Å². The van der Waals surface area contributed by atoms with Crippen LogP contribution in [0.4, 0.5) is 11.4 Å². The molecule has 0 saturated heterocycles. The molecule has 2 aromatic carbocycles. The Morgan fingerprint density at radius 3 is 2.60 bits per heavy atom. The Labute approximate surface area is 187 Å². The third kappa shape index (κ3) is 7.65. The highest BCUT2D eigenvalue weighted by molar-refractivity contribution is 7.80. The van der Waals surface area contributed by atoms with E-state index in [1.807, 2.05) is 6.92 Å². The van der Waals surface area contributed by atoms with E-state index in [4.69, 9.17) is 28.6 Å². The number of rotatable bonds is 9. The second-order valence-electron chi connectivity index (χ2n) is 6.63. The van der Waals surface area contributed by atoms with Gasteiger partial charge in [-0.05, 0) is 61.5 Å². The minimum absolute atomic E-state index is 0.0808. The van der Waals surface area contributed by atoms with Gasteiger partial charge in [0.2, 0.25) is 5.91 Å². The first kappa shape index (κ1) is 23.6. The summed E-state index contributed by atoms with van der Waals surface area (Å²) in [5.41, 5.74) is 1.50. The zero-order chi connectivity index (χ0) is 21.9. The molecule has 2 rings (SSSR count). The number of hydrogen-bond donors (Lipinski definition) is 3. The van der Waals surface area contributed by atoms with Gasteiger partial charge in [0, 0.05) is 17.7 Å². The quantitative estimate of drug-likeness (QED) is 0.355. The van der Waals surface area contributed by atoms with Crippen molar-refractivity contribution < 1.29 is 14.3 Å². The molecule has 0 saturated carbocycles. The van der Waals surface area contributed by atoms with E-state index < -0.39 is 0 Å². The fourth-order valence-electron chi connectivity index (χ4n) is 2.54. The molecule has 0 aliphatic heterocycles. The predicted octanol–water partition coefficient (Wildman–Crippen LogP) is 5.38. The third-order valence-electron chi connectivity index (χ3n) is 4.07. The van der Waals surface area contributed by atoms with Crippen molar-refractivity contribution in [3.63, 3.8) is 0 Å². The Balaban J connectivity index is 1.99. The summed E-state index contributed by atoms with van der Waals surface area (Å²) >= 11 is 11.5. The van der Waals surface area contributed by atoms with Gasteiger partial charge in [-0.25, -0.2) is 0 Å². The normalized spacial score (nSPS) is 10.2. The lowest BCUT2D eigenvalue weighted by Crippen LogP contribution is -2.34. The molecule has 0 aromatic heterocycles. The molecule has 30 heavy (non-hydrogen) atoms. The summed E-state index contributed by atoms with van der Waals surface area (Å²) in [4.78, 5) is 24.3. The summed E-state index contributed by atoms with van der Waals surface area (Å²) in [6.45, 7) is 4.62. The fraction of sp³-hybridized carbons (Fsp3) is 0.318. The maximum Gasteiger partial charge on any atom is 0.257 e. The van der Waals surface area contributed by atoms with Crippen LogP contribution in [0.25, 0.3) is 0 Å². The number of thiocarbonyl (C=S) groups is 1. The molecular formula is C22H26ClN3O3S. The second kappa shape index (κ2) is 12.1. The van der Waals surface area contributed by atoms with Crippen LogP contribution in [0.1, 0.15) is 49.9 Å². The minimum Gasteiger partial charge on any atom is -0.494 e. The molecular weight excluding hydrogens is 422 g/mol. The molecule has 0 aliphatic carbocycles. The molecule has 0 fully saturated rings. The van der Waals surface area contributed by atoms with Crippen LogP contribution in [0.3, 0.4) is 0 Å². The van der Waals surface area contributed by atoms with Crippen molar-refractivity contribution in [3.8, 4) is 5.75 Å². The number of unbranched alkanes of at least 4 members (excludes halogenated alkanes) is 1. The smallest absolute Gasteiger partial charge is 0.257 e. The van der Waals surface area contributed by atoms with Gasteiger partial charge in [-0.15, -0.1) is 0 Å². The first-order valence-corrected chi connectivity index (χ1v) is 10.7. The van der Waals surface area contributed by atoms with Gasteiger partial charge >= 0.3 is 0 Å². The Morgan fingerprint density at radius 1 is 1.07 bits per heavy atom. The summed E-state index contributed by atoms with van der Waals surface area (Å²) in [6, 6.07) is 11.9. The van der Waals surface area contributed by atoms with Gasteiger partial charge in [-0.1, -0.05) is 37.9 Å². The maximum atomic E-state index is 12.5. The average molecular weight is 448 g/mol. The SMILES string of the molecule is CCCCOc1cccc(C(=O)NC(=S)Nc2cc(NC(=O)CCC)ccc2Cl)c1. The van der Waals surface area contributed by atoms with Crippen LogP contribution in [-0.2, 0) is 4.79 Å². The highest BCUT2D eigenvalue weighted by atomic mass is 35.5. The molecule has 2 amide bonds. The summed E-state index contributed by atoms with van der Waals surface area (Å²) in [5, 5.41) is 8.82. The van der Waals surface area contributed by atoms with E-state index in [2.05, 4.69) is 22.9 Å². The van der Waals surface area contributed by atoms with Crippen LogP contribution in [0.2, 0.25) is 5.02 Å². The molecule has 160 valence electrons.